The van der Waals surface area contributed by atoms with E-state index in [4.69, 9.17) is 5.11 Å². The Morgan fingerprint density at radius 2 is 2.19 bits per heavy atom. The minimum atomic E-state index is -0.990. The number of carbonyl (C=O) groups excluding carboxylic acids is 1. The van der Waals surface area contributed by atoms with Crippen molar-refractivity contribution in [2.75, 3.05) is 25.0 Å². The molecule has 0 unspecified atom stereocenters. The number of amides is 1. The Labute approximate surface area is 125 Å². The minimum Gasteiger partial charge on any atom is -0.480 e. The number of anilines is 1. The molecule has 2 N–H and O–H groups in total. The number of nitrogens with zero attached hydrogens (tertiary/aromatic N) is 3. The van der Waals surface area contributed by atoms with Crippen molar-refractivity contribution < 1.29 is 14.7 Å². The van der Waals surface area contributed by atoms with Crippen LogP contribution in [0.2, 0.25) is 0 Å². The summed E-state index contributed by atoms with van der Waals surface area (Å²) in [6, 6.07) is 5.32. The van der Waals surface area contributed by atoms with Gasteiger partial charge in [-0.1, -0.05) is 12.1 Å². The van der Waals surface area contributed by atoms with E-state index >= 15 is 0 Å². The zero-order valence-electron chi connectivity index (χ0n) is 11.2. The van der Waals surface area contributed by atoms with Crippen molar-refractivity contribution >= 4 is 40.3 Å². The third-order valence-electron chi connectivity index (χ3n) is 2.67. The molecule has 1 amide bonds. The number of nitrogens with one attached hydrogen (secondary N) is 1. The lowest BCUT2D eigenvalue weighted by Crippen LogP contribution is -2.37. The number of carbonyl (C=O) groups is 2. The molecule has 0 atom stereocenters. The van der Waals surface area contributed by atoms with E-state index in [1.807, 2.05) is 6.07 Å². The lowest BCUT2D eigenvalue weighted by Gasteiger charge is -2.17. The predicted octanol–water partition coefficient (Wildman–Crippen LogP) is 1.92. The molecule has 1 aromatic rings. The molecule has 1 aliphatic rings. The SMILES string of the molecule is C=CCN(CC(=O)O)CC(=O)Nc1cccc2c1N=S=N2. The first kappa shape index (κ1) is 15.1. The van der Waals surface area contributed by atoms with Crippen LogP contribution >= 0.6 is 0 Å². The molecule has 1 aliphatic heterocycles. The Hall–Kier alpha value is -2.32. The molecule has 0 aromatic heterocycles. The van der Waals surface area contributed by atoms with Crippen molar-refractivity contribution in [2.45, 2.75) is 0 Å². The highest BCUT2D eigenvalue weighted by Gasteiger charge is 2.16. The second-order valence-electron chi connectivity index (χ2n) is 4.34. The van der Waals surface area contributed by atoms with E-state index in [9.17, 15) is 9.59 Å². The van der Waals surface area contributed by atoms with Gasteiger partial charge in [0.15, 0.2) is 0 Å². The van der Waals surface area contributed by atoms with Crippen LogP contribution in [0, 0.1) is 0 Å². The minimum absolute atomic E-state index is 0.0354. The molecule has 0 saturated carbocycles. The van der Waals surface area contributed by atoms with Crippen LogP contribution in [-0.4, -0.2) is 41.5 Å². The maximum atomic E-state index is 12.0. The van der Waals surface area contributed by atoms with E-state index < -0.39 is 5.97 Å². The van der Waals surface area contributed by atoms with E-state index in [1.54, 1.807) is 18.2 Å². The van der Waals surface area contributed by atoms with Gasteiger partial charge in [0.05, 0.1) is 30.1 Å². The van der Waals surface area contributed by atoms with E-state index in [1.165, 1.54) is 4.90 Å². The standard InChI is InChI=1S/C13H14N4O3S/c1-2-6-17(8-12(19)20)7-11(18)14-9-4-3-5-10-13(9)16-21-15-10/h2-5H,1,6-8H2,(H,14,18)(H,19,20). The number of benzene rings is 1. The van der Waals surface area contributed by atoms with Gasteiger partial charge in [-0.25, -0.2) is 0 Å². The van der Waals surface area contributed by atoms with Crippen LogP contribution in [0.4, 0.5) is 17.1 Å². The summed E-state index contributed by atoms with van der Waals surface area (Å²) < 4.78 is 8.22. The first-order chi connectivity index (χ1) is 10.1. The van der Waals surface area contributed by atoms with Gasteiger partial charge in [0.2, 0.25) is 5.91 Å². The van der Waals surface area contributed by atoms with Crippen molar-refractivity contribution in [3.05, 3.63) is 30.9 Å². The first-order valence-corrected chi connectivity index (χ1v) is 6.89. The normalized spacial score (nSPS) is 11.9. The fraction of sp³-hybridized carbons (Fsp3) is 0.231. The van der Waals surface area contributed by atoms with Gasteiger partial charge in [0, 0.05) is 6.54 Å². The van der Waals surface area contributed by atoms with Crippen LogP contribution in [0.25, 0.3) is 0 Å². The van der Waals surface area contributed by atoms with Crippen LogP contribution in [0.5, 0.6) is 0 Å². The summed E-state index contributed by atoms with van der Waals surface area (Å²) >= 11 is 1.07. The molecular weight excluding hydrogens is 292 g/mol. The van der Waals surface area contributed by atoms with Crippen molar-refractivity contribution in [1.82, 2.24) is 4.90 Å². The number of hydrogen-bond donors (Lipinski definition) is 2. The number of carboxylic acid groups (broad SMARTS) is 1. The summed E-state index contributed by atoms with van der Waals surface area (Å²) in [4.78, 5) is 24.2. The molecule has 2 rings (SSSR count). The number of hydrogen-bond acceptors (Lipinski definition) is 5. The van der Waals surface area contributed by atoms with Gasteiger partial charge in [-0.3, -0.25) is 14.5 Å². The van der Waals surface area contributed by atoms with Crippen molar-refractivity contribution in [2.24, 2.45) is 8.73 Å². The second kappa shape index (κ2) is 6.91. The lowest BCUT2D eigenvalue weighted by atomic mass is 10.2. The van der Waals surface area contributed by atoms with Gasteiger partial charge in [0.1, 0.15) is 11.4 Å². The summed E-state index contributed by atoms with van der Waals surface area (Å²) in [5, 5.41) is 11.5. The molecular formula is C13H14N4O3S. The Morgan fingerprint density at radius 1 is 1.38 bits per heavy atom. The highest BCUT2D eigenvalue weighted by atomic mass is 32.1. The third-order valence-corrected chi connectivity index (χ3v) is 3.22. The monoisotopic (exact) mass is 306 g/mol. The molecule has 0 radical (unpaired) electrons. The zero-order valence-corrected chi connectivity index (χ0v) is 12.0. The molecule has 7 nitrogen and oxygen atoms in total. The molecule has 0 spiro atoms. The maximum absolute atomic E-state index is 12.0. The molecule has 8 heteroatoms. The maximum Gasteiger partial charge on any atom is 0.317 e. The Bertz CT molecular complexity index is 653. The van der Waals surface area contributed by atoms with Crippen LogP contribution in [0.3, 0.4) is 0 Å². The van der Waals surface area contributed by atoms with Crippen LogP contribution in [-0.2, 0) is 20.9 Å². The second-order valence-corrected chi connectivity index (χ2v) is 4.87. The molecule has 0 saturated heterocycles. The summed E-state index contributed by atoms with van der Waals surface area (Å²) in [5.41, 5.74) is 1.91. The number of rotatable bonds is 7. The fourth-order valence-electron chi connectivity index (χ4n) is 1.86. The highest BCUT2D eigenvalue weighted by molar-refractivity contribution is 7.58. The Balaban J connectivity index is 2.01. The van der Waals surface area contributed by atoms with Crippen LogP contribution < -0.4 is 5.32 Å². The van der Waals surface area contributed by atoms with E-state index in [2.05, 4.69) is 20.6 Å². The fourth-order valence-corrected chi connectivity index (χ4v) is 2.41. The molecule has 1 heterocycles. The van der Waals surface area contributed by atoms with Gasteiger partial charge in [-0.15, -0.1) is 6.58 Å². The van der Waals surface area contributed by atoms with Gasteiger partial charge in [0.25, 0.3) is 0 Å². The van der Waals surface area contributed by atoms with Crippen molar-refractivity contribution in [3.8, 4) is 0 Å². The number of aliphatic carboxylic acids is 1. The number of carboxylic acids is 1. The summed E-state index contributed by atoms with van der Waals surface area (Å²) in [6.07, 6.45) is 1.56. The summed E-state index contributed by atoms with van der Waals surface area (Å²) in [7, 11) is 0. The van der Waals surface area contributed by atoms with E-state index in [0.717, 1.165) is 11.4 Å². The van der Waals surface area contributed by atoms with Gasteiger partial charge < -0.3 is 10.4 Å². The number of fused-ring (bicyclic) bond motifs is 1. The van der Waals surface area contributed by atoms with Gasteiger partial charge >= 0.3 is 5.97 Å². The lowest BCUT2D eigenvalue weighted by molar-refractivity contribution is -0.138. The molecule has 0 aliphatic carbocycles. The van der Waals surface area contributed by atoms with Gasteiger partial charge in [-0.05, 0) is 12.1 Å². The Kier molecular flexibility index (Phi) is 4.96. The van der Waals surface area contributed by atoms with Crippen molar-refractivity contribution in [1.29, 1.82) is 0 Å². The van der Waals surface area contributed by atoms with Crippen LogP contribution in [0.1, 0.15) is 0 Å². The summed E-state index contributed by atoms with van der Waals surface area (Å²) in [5.74, 6) is -1.30. The quantitative estimate of drug-likeness (QED) is 0.764. The van der Waals surface area contributed by atoms with Crippen molar-refractivity contribution in [3.63, 3.8) is 0 Å². The van der Waals surface area contributed by atoms with E-state index in [-0.39, 0.29) is 19.0 Å². The van der Waals surface area contributed by atoms with Gasteiger partial charge in [-0.2, -0.15) is 8.73 Å². The topological polar surface area (TPSA) is 94.4 Å². The molecule has 0 fully saturated rings. The summed E-state index contributed by atoms with van der Waals surface area (Å²) in [6.45, 7) is 3.62. The first-order valence-electron chi connectivity index (χ1n) is 6.16. The predicted molar refractivity (Wildman–Crippen MR) is 80.9 cm³/mol. The largest absolute Gasteiger partial charge is 0.480 e. The molecule has 110 valence electrons. The van der Waals surface area contributed by atoms with Crippen LogP contribution in [0.15, 0.2) is 39.6 Å². The zero-order chi connectivity index (χ0) is 15.2. The Morgan fingerprint density at radius 3 is 2.90 bits per heavy atom. The molecule has 21 heavy (non-hydrogen) atoms. The third kappa shape index (κ3) is 4.07. The highest BCUT2D eigenvalue weighted by Crippen LogP contribution is 2.38. The average Bonchev–Trinajstić information content (AvgIpc) is 2.87. The smallest absolute Gasteiger partial charge is 0.317 e. The molecule has 0 bridgehead atoms. The van der Waals surface area contributed by atoms with E-state index in [0.29, 0.717) is 23.6 Å². The average molecular weight is 306 g/mol. The molecule has 1 aromatic carbocycles.